The first-order chi connectivity index (χ1) is 12.1. The van der Waals surface area contributed by atoms with E-state index in [4.69, 9.17) is 5.11 Å². The van der Waals surface area contributed by atoms with E-state index >= 15 is 0 Å². The third-order valence-electron chi connectivity index (χ3n) is 5.84. The quantitative estimate of drug-likeness (QED) is 0.340. The molecule has 0 radical (unpaired) electrons. The van der Waals surface area contributed by atoms with E-state index in [9.17, 15) is 9.90 Å². The van der Waals surface area contributed by atoms with Gasteiger partial charge in [-0.2, -0.15) is 0 Å². The number of hydrogen-bond donors (Lipinski definition) is 2. The van der Waals surface area contributed by atoms with Crippen LogP contribution in [0.2, 0.25) is 0 Å². The number of carbonyl (C=O) groups is 1. The zero-order valence-electron chi connectivity index (χ0n) is 16.5. The topological polar surface area (TPSA) is 57.5 Å². The van der Waals surface area contributed by atoms with Crippen molar-refractivity contribution in [2.45, 2.75) is 97.0 Å². The van der Waals surface area contributed by atoms with Gasteiger partial charge in [-0.25, -0.2) is 0 Å². The van der Waals surface area contributed by atoms with Crippen LogP contribution in [0, 0.1) is 17.8 Å². The maximum absolute atomic E-state index is 12.4. The molecule has 3 heteroatoms. The molecule has 1 aliphatic rings. The van der Waals surface area contributed by atoms with Crippen LogP contribution in [0.15, 0.2) is 12.2 Å². The lowest BCUT2D eigenvalue weighted by atomic mass is 9.87. The molecule has 0 aromatic carbocycles. The average Bonchev–Trinajstić information content (AvgIpc) is 2.96. The van der Waals surface area contributed by atoms with Gasteiger partial charge in [0.15, 0.2) is 5.78 Å². The summed E-state index contributed by atoms with van der Waals surface area (Å²) in [5.41, 5.74) is 0. The van der Waals surface area contributed by atoms with Crippen LogP contribution >= 0.6 is 0 Å². The van der Waals surface area contributed by atoms with Crippen molar-refractivity contribution >= 4 is 5.78 Å². The van der Waals surface area contributed by atoms with Crippen molar-refractivity contribution in [3.8, 4) is 0 Å². The zero-order valence-corrected chi connectivity index (χ0v) is 16.5. The highest BCUT2D eigenvalue weighted by Gasteiger charge is 2.32. The highest BCUT2D eigenvalue weighted by Crippen LogP contribution is 2.37. The molecule has 146 valence electrons. The molecule has 1 aliphatic carbocycles. The molecule has 2 N–H and O–H groups in total. The lowest BCUT2D eigenvalue weighted by Crippen LogP contribution is -2.18. The van der Waals surface area contributed by atoms with Gasteiger partial charge in [0.1, 0.15) is 0 Å². The largest absolute Gasteiger partial charge is 0.396 e. The van der Waals surface area contributed by atoms with Crippen molar-refractivity contribution < 1.29 is 15.0 Å². The summed E-state index contributed by atoms with van der Waals surface area (Å²) in [4.78, 5) is 12.4. The van der Waals surface area contributed by atoms with Gasteiger partial charge in [-0.3, -0.25) is 4.79 Å². The number of carbonyl (C=O) groups excluding carboxylic acids is 1. The third kappa shape index (κ3) is 8.50. The Morgan fingerprint density at radius 3 is 2.48 bits per heavy atom. The van der Waals surface area contributed by atoms with Crippen molar-refractivity contribution in [1.29, 1.82) is 0 Å². The molecule has 1 saturated carbocycles. The van der Waals surface area contributed by atoms with Gasteiger partial charge in [-0.05, 0) is 56.4 Å². The molecule has 3 nitrogen and oxygen atoms in total. The summed E-state index contributed by atoms with van der Waals surface area (Å²) in [5.74, 6) is 1.13. The number of ketones is 1. The van der Waals surface area contributed by atoms with Gasteiger partial charge in [-0.1, -0.05) is 58.4 Å². The molecule has 0 saturated heterocycles. The van der Waals surface area contributed by atoms with E-state index in [0.717, 1.165) is 70.6 Å². The van der Waals surface area contributed by atoms with Crippen LogP contribution in [0.25, 0.3) is 0 Å². The Bertz CT molecular complexity index is 377. The molecule has 4 unspecified atom stereocenters. The minimum Gasteiger partial charge on any atom is -0.396 e. The fraction of sp³-hybridized carbons (Fsp3) is 0.864. The van der Waals surface area contributed by atoms with E-state index in [1.807, 2.05) is 6.08 Å². The first-order valence-electron chi connectivity index (χ1n) is 10.6. The second kappa shape index (κ2) is 13.5. The third-order valence-corrected chi connectivity index (χ3v) is 5.84. The van der Waals surface area contributed by atoms with Crippen LogP contribution in [0.4, 0.5) is 0 Å². The Kier molecular flexibility index (Phi) is 12.1. The van der Waals surface area contributed by atoms with E-state index in [1.54, 1.807) is 0 Å². The van der Waals surface area contributed by atoms with Crippen LogP contribution < -0.4 is 0 Å². The molecule has 0 aliphatic heterocycles. The second-order valence-electron chi connectivity index (χ2n) is 7.76. The summed E-state index contributed by atoms with van der Waals surface area (Å²) >= 11 is 0. The van der Waals surface area contributed by atoms with Crippen molar-refractivity contribution in [2.75, 3.05) is 6.61 Å². The number of hydrogen-bond acceptors (Lipinski definition) is 3. The predicted octanol–water partition coefficient (Wildman–Crippen LogP) is 5.05. The van der Waals surface area contributed by atoms with Crippen LogP contribution in [-0.4, -0.2) is 28.7 Å². The van der Waals surface area contributed by atoms with Crippen molar-refractivity contribution in [2.24, 2.45) is 17.8 Å². The molecule has 0 aromatic heterocycles. The second-order valence-corrected chi connectivity index (χ2v) is 7.76. The molecule has 0 aromatic rings. The molecule has 0 bridgehead atoms. The molecule has 0 heterocycles. The van der Waals surface area contributed by atoms with Gasteiger partial charge in [0.2, 0.25) is 0 Å². The molecule has 4 atom stereocenters. The van der Waals surface area contributed by atoms with Gasteiger partial charge in [0, 0.05) is 12.5 Å². The van der Waals surface area contributed by atoms with E-state index in [1.165, 1.54) is 6.42 Å². The Labute approximate surface area is 154 Å². The molecular formula is C22H40O3. The number of rotatable bonds is 14. The van der Waals surface area contributed by atoms with E-state index in [0.29, 0.717) is 18.4 Å². The van der Waals surface area contributed by atoms with Gasteiger partial charge >= 0.3 is 0 Å². The normalized spacial score (nSPS) is 24.9. The van der Waals surface area contributed by atoms with Gasteiger partial charge in [0.05, 0.1) is 6.10 Å². The Balaban J connectivity index is 2.42. The number of allylic oxidation sites excluding steroid dienone is 2. The first-order valence-corrected chi connectivity index (χ1v) is 10.6. The van der Waals surface area contributed by atoms with Gasteiger partial charge in [-0.15, -0.1) is 0 Å². The Morgan fingerprint density at radius 1 is 1.08 bits per heavy atom. The summed E-state index contributed by atoms with van der Waals surface area (Å²) in [6, 6.07) is 0. The number of aliphatic hydroxyl groups excluding tert-OH is 2. The Hall–Kier alpha value is -0.670. The summed E-state index contributed by atoms with van der Waals surface area (Å²) in [6.45, 7) is 4.56. The number of aliphatic hydroxyl groups is 2. The standard InChI is InChI=1S/C22H40O3/c1-3-5-11-18(4-2)21(24)15-13-19-14-16-22(25)20(19)12-9-7-6-8-10-17-23/h13,15,18-20,22-23,25H,3-12,14,16-17H2,1-2H3. The average molecular weight is 353 g/mol. The molecule has 0 spiro atoms. The SMILES string of the molecule is CCCCC(CC)C(=O)C=CC1CCC(O)C1CCCCCCCO. The summed E-state index contributed by atoms with van der Waals surface area (Å²) < 4.78 is 0. The summed E-state index contributed by atoms with van der Waals surface area (Å²) in [6.07, 6.45) is 16.3. The maximum atomic E-state index is 12.4. The number of unbranched alkanes of at least 4 members (excludes halogenated alkanes) is 5. The Morgan fingerprint density at radius 2 is 1.80 bits per heavy atom. The fourth-order valence-electron chi connectivity index (χ4n) is 4.10. The highest BCUT2D eigenvalue weighted by molar-refractivity contribution is 5.91. The lowest BCUT2D eigenvalue weighted by Gasteiger charge is -2.20. The summed E-state index contributed by atoms with van der Waals surface area (Å²) in [7, 11) is 0. The molecular weight excluding hydrogens is 312 g/mol. The molecule has 1 rings (SSSR count). The van der Waals surface area contributed by atoms with Crippen LogP contribution in [0.5, 0.6) is 0 Å². The minimum atomic E-state index is -0.204. The minimum absolute atomic E-state index is 0.174. The maximum Gasteiger partial charge on any atom is 0.158 e. The highest BCUT2D eigenvalue weighted by atomic mass is 16.3. The van der Waals surface area contributed by atoms with Gasteiger partial charge < -0.3 is 10.2 Å². The van der Waals surface area contributed by atoms with E-state index in [-0.39, 0.29) is 17.8 Å². The van der Waals surface area contributed by atoms with E-state index in [2.05, 4.69) is 19.9 Å². The molecule has 25 heavy (non-hydrogen) atoms. The van der Waals surface area contributed by atoms with Crippen molar-refractivity contribution in [3.63, 3.8) is 0 Å². The van der Waals surface area contributed by atoms with Crippen molar-refractivity contribution in [3.05, 3.63) is 12.2 Å². The monoisotopic (exact) mass is 352 g/mol. The zero-order chi connectivity index (χ0) is 18.5. The predicted molar refractivity (Wildman–Crippen MR) is 104 cm³/mol. The van der Waals surface area contributed by atoms with E-state index < -0.39 is 0 Å². The smallest absolute Gasteiger partial charge is 0.158 e. The lowest BCUT2D eigenvalue weighted by molar-refractivity contribution is -0.118. The first kappa shape index (κ1) is 22.4. The van der Waals surface area contributed by atoms with Crippen molar-refractivity contribution in [1.82, 2.24) is 0 Å². The fourth-order valence-corrected chi connectivity index (χ4v) is 4.10. The van der Waals surface area contributed by atoms with Crippen LogP contribution in [0.1, 0.15) is 90.9 Å². The van der Waals surface area contributed by atoms with Crippen LogP contribution in [-0.2, 0) is 4.79 Å². The van der Waals surface area contributed by atoms with Crippen LogP contribution in [0.3, 0.4) is 0 Å². The van der Waals surface area contributed by atoms with Gasteiger partial charge in [0.25, 0.3) is 0 Å². The molecule has 1 fully saturated rings. The molecule has 0 amide bonds. The summed E-state index contributed by atoms with van der Waals surface area (Å²) in [5, 5.41) is 19.1.